The van der Waals surface area contributed by atoms with E-state index in [0.29, 0.717) is 10.6 Å². The highest BCUT2D eigenvalue weighted by Gasteiger charge is 2.13. The molecule has 0 unspecified atom stereocenters. The summed E-state index contributed by atoms with van der Waals surface area (Å²) in [7, 11) is 0. The van der Waals surface area contributed by atoms with Crippen molar-refractivity contribution in [2.45, 2.75) is 0 Å². The average Bonchev–Trinajstić information content (AvgIpc) is 2.46. The predicted molar refractivity (Wildman–Crippen MR) is 77.4 cm³/mol. The van der Waals surface area contributed by atoms with Gasteiger partial charge in [-0.15, -0.1) is 0 Å². The Balaban J connectivity index is 2.26. The number of nitro benzene ring substituents is 1. The van der Waals surface area contributed by atoms with Gasteiger partial charge in [-0.1, -0.05) is 17.7 Å². The molecule has 21 heavy (non-hydrogen) atoms. The lowest BCUT2D eigenvalue weighted by Gasteiger charge is -2.02. The van der Waals surface area contributed by atoms with Crippen LogP contribution in [0.5, 0.6) is 0 Å². The molecule has 0 spiro atoms. The Bertz CT molecular complexity index is 920. The lowest BCUT2D eigenvalue weighted by Crippen LogP contribution is -2.03. The lowest BCUT2D eigenvalue weighted by molar-refractivity contribution is -0.384. The highest BCUT2D eigenvalue weighted by atomic mass is 35.5. The fourth-order valence-corrected chi connectivity index (χ4v) is 2.11. The monoisotopic (exact) mass is 302 g/mol. The quantitative estimate of drug-likeness (QED) is 0.535. The molecule has 0 saturated carbocycles. The topological polar surface area (TPSA) is 86.2 Å². The second-order valence-electron chi connectivity index (χ2n) is 4.28. The van der Waals surface area contributed by atoms with Crippen LogP contribution in [0.4, 0.5) is 5.69 Å². The van der Waals surface area contributed by atoms with Crippen molar-refractivity contribution in [1.29, 1.82) is 0 Å². The maximum Gasteiger partial charge on any atom is 0.347 e. The number of nitro groups is 1. The molecule has 0 saturated heterocycles. The number of aromatic nitrogens is 1. The Hall–Kier alpha value is -2.73. The first-order valence-electron chi connectivity index (χ1n) is 5.90. The molecular weight excluding hydrogens is 296 g/mol. The summed E-state index contributed by atoms with van der Waals surface area (Å²) in [4.78, 5) is 26.3. The Kier molecular flexibility index (Phi) is 3.15. The molecule has 0 aliphatic rings. The van der Waals surface area contributed by atoms with E-state index in [2.05, 4.69) is 4.98 Å². The number of fused-ring (bicyclic) bond motifs is 1. The van der Waals surface area contributed by atoms with Gasteiger partial charge in [-0.25, -0.2) is 9.78 Å². The van der Waals surface area contributed by atoms with Crippen LogP contribution in [-0.4, -0.2) is 9.91 Å². The van der Waals surface area contributed by atoms with E-state index in [1.54, 1.807) is 24.3 Å². The molecule has 2 aromatic carbocycles. The minimum Gasteiger partial charge on any atom is -0.403 e. The van der Waals surface area contributed by atoms with Gasteiger partial charge in [0.25, 0.3) is 5.69 Å². The molecule has 1 aromatic heterocycles. The molecule has 3 rings (SSSR count). The van der Waals surface area contributed by atoms with Gasteiger partial charge in [0.1, 0.15) is 0 Å². The molecule has 0 amide bonds. The first-order valence-corrected chi connectivity index (χ1v) is 6.27. The van der Waals surface area contributed by atoms with Crippen LogP contribution in [-0.2, 0) is 0 Å². The van der Waals surface area contributed by atoms with Crippen molar-refractivity contribution < 1.29 is 9.34 Å². The maximum atomic E-state index is 11.9. The molecule has 0 atom stereocenters. The van der Waals surface area contributed by atoms with E-state index < -0.39 is 10.5 Å². The van der Waals surface area contributed by atoms with Crippen LogP contribution >= 0.6 is 11.6 Å². The average molecular weight is 303 g/mol. The Morgan fingerprint density at radius 3 is 2.71 bits per heavy atom. The van der Waals surface area contributed by atoms with Gasteiger partial charge >= 0.3 is 5.63 Å². The Morgan fingerprint density at radius 1 is 1.19 bits per heavy atom. The van der Waals surface area contributed by atoms with E-state index in [4.69, 9.17) is 16.0 Å². The number of benzene rings is 2. The van der Waals surface area contributed by atoms with Gasteiger partial charge in [-0.2, -0.15) is 0 Å². The van der Waals surface area contributed by atoms with Gasteiger partial charge in [0.05, 0.1) is 15.8 Å². The molecule has 0 radical (unpaired) electrons. The van der Waals surface area contributed by atoms with Gasteiger partial charge < -0.3 is 4.42 Å². The van der Waals surface area contributed by atoms with Crippen molar-refractivity contribution in [2.75, 3.05) is 0 Å². The normalized spacial score (nSPS) is 10.7. The van der Waals surface area contributed by atoms with Crippen molar-refractivity contribution in [2.24, 2.45) is 0 Å². The molecule has 104 valence electrons. The minimum atomic E-state index is -0.607. The van der Waals surface area contributed by atoms with E-state index >= 15 is 0 Å². The second-order valence-corrected chi connectivity index (χ2v) is 4.71. The summed E-state index contributed by atoms with van der Waals surface area (Å²) in [6.45, 7) is 0. The summed E-state index contributed by atoms with van der Waals surface area (Å²) >= 11 is 5.88. The fraction of sp³-hybridized carbons (Fsp3) is 0. The first-order chi connectivity index (χ1) is 10.0. The second kappa shape index (κ2) is 4.99. The third-order valence-electron chi connectivity index (χ3n) is 2.89. The zero-order chi connectivity index (χ0) is 15.0. The van der Waals surface area contributed by atoms with E-state index in [0.717, 1.165) is 0 Å². The Labute approximate surface area is 122 Å². The summed E-state index contributed by atoms with van der Waals surface area (Å²) < 4.78 is 5.14. The van der Waals surface area contributed by atoms with Crippen molar-refractivity contribution in [3.63, 3.8) is 0 Å². The van der Waals surface area contributed by atoms with Crippen LogP contribution in [0.3, 0.4) is 0 Å². The summed E-state index contributed by atoms with van der Waals surface area (Å²) in [5, 5.41) is 11.4. The highest BCUT2D eigenvalue weighted by Crippen LogP contribution is 2.23. The molecule has 0 aliphatic heterocycles. The zero-order valence-electron chi connectivity index (χ0n) is 10.4. The third kappa shape index (κ3) is 2.48. The van der Waals surface area contributed by atoms with Gasteiger partial charge in [0, 0.05) is 22.7 Å². The van der Waals surface area contributed by atoms with Crippen molar-refractivity contribution in [1.82, 2.24) is 4.98 Å². The van der Waals surface area contributed by atoms with Crippen LogP contribution in [0.25, 0.3) is 22.4 Å². The molecule has 0 bridgehead atoms. The summed E-state index contributed by atoms with van der Waals surface area (Å²) in [5.41, 5.74) is -0.0223. The number of nitrogens with zero attached hydrogens (tertiary/aromatic N) is 2. The number of non-ortho nitro benzene ring substituents is 1. The smallest absolute Gasteiger partial charge is 0.347 e. The van der Waals surface area contributed by atoms with E-state index in [1.165, 1.54) is 18.2 Å². The van der Waals surface area contributed by atoms with Crippen molar-refractivity contribution >= 4 is 28.2 Å². The van der Waals surface area contributed by atoms with E-state index in [-0.39, 0.29) is 22.5 Å². The molecule has 3 aromatic rings. The molecular formula is C14H7ClN2O4. The van der Waals surface area contributed by atoms with Crippen LogP contribution in [0.15, 0.2) is 51.7 Å². The maximum absolute atomic E-state index is 11.9. The van der Waals surface area contributed by atoms with Crippen molar-refractivity contribution in [3.05, 3.63) is 68.0 Å². The third-order valence-corrected chi connectivity index (χ3v) is 3.13. The zero-order valence-corrected chi connectivity index (χ0v) is 11.2. The summed E-state index contributed by atoms with van der Waals surface area (Å²) in [6.07, 6.45) is 0. The van der Waals surface area contributed by atoms with E-state index in [9.17, 15) is 14.9 Å². The van der Waals surface area contributed by atoms with Gasteiger partial charge in [0.2, 0.25) is 5.89 Å². The molecule has 1 heterocycles. The fourth-order valence-electron chi connectivity index (χ4n) is 1.92. The largest absolute Gasteiger partial charge is 0.403 e. The SMILES string of the molecule is O=c1oc(-c2cccc(Cl)c2)nc2cc([N+](=O)[O-])ccc12. The van der Waals surface area contributed by atoms with Crippen LogP contribution in [0.2, 0.25) is 5.02 Å². The number of hydrogen-bond donors (Lipinski definition) is 0. The molecule has 6 nitrogen and oxygen atoms in total. The van der Waals surface area contributed by atoms with Gasteiger partial charge in [-0.05, 0) is 24.3 Å². The lowest BCUT2D eigenvalue weighted by atomic mass is 10.2. The molecule has 0 fully saturated rings. The number of rotatable bonds is 2. The standard InChI is InChI=1S/C14H7ClN2O4/c15-9-3-1-2-8(6-9)13-16-12-7-10(17(19)20)4-5-11(12)14(18)21-13/h1-7H. The molecule has 0 aliphatic carbocycles. The van der Waals surface area contributed by atoms with Gasteiger partial charge in [-0.3, -0.25) is 10.1 Å². The first kappa shape index (κ1) is 13.3. The molecule has 7 heteroatoms. The number of halogens is 1. The number of hydrogen-bond acceptors (Lipinski definition) is 5. The van der Waals surface area contributed by atoms with Crippen LogP contribution in [0, 0.1) is 10.1 Å². The van der Waals surface area contributed by atoms with E-state index in [1.807, 2.05) is 0 Å². The summed E-state index contributed by atoms with van der Waals surface area (Å²) in [6, 6.07) is 10.4. The Morgan fingerprint density at radius 2 is 2.00 bits per heavy atom. The minimum absolute atomic E-state index is 0.0653. The summed E-state index contributed by atoms with van der Waals surface area (Å²) in [5.74, 6) is 0.0653. The van der Waals surface area contributed by atoms with Gasteiger partial charge in [0.15, 0.2) is 0 Å². The molecule has 0 N–H and O–H groups in total. The van der Waals surface area contributed by atoms with Crippen LogP contribution in [0.1, 0.15) is 0 Å². The van der Waals surface area contributed by atoms with Crippen molar-refractivity contribution in [3.8, 4) is 11.5 Å². The van der Waals surface area contributed by atoms with Crippen LogP contribution < -0.4 is 5.63 Å². The highest BCUT2D eigenvalue weighted by molar-refractivity contribution is 6.30. The predicted octanol–water partition coefficient (Wildman–Crippen LogP) is 3.42.